The standard InChI is InChI=1S/C21H24N4O2/c1-16(24-26)20(18-10-5-3-6-11-18)22-14-9-15-23-21(17(2)25-27)19-12-7-4-8-13-19/h3-8,10-13,26-27H,9,14-15H2,1-2H3/b22-20?,23-21?,24-16-,25-17+. The molecule has 0 amide bonds. The summed E-state index contributed by atoms with van der Waals surface area (Å²) in [5.74, 6) is 0. The van der Waals surface area contributed by atoms with Crippen LogP contribution in [0, 0.1) is 0 Å². The summed E-state index contributed by atoms with van der Waals surface area (Å²) in [6.45, 7) is 4.52. The maximum absolute atomic E-state index is 9.10. The first kappa shape index (κ1) is 20.0. The van der Waals surface area contributed by atoms with E-state index in [1.165, 1.54) is 0 Å². The monoisotopic (exact) mass is 364 g/mol. The van der Waals surface area contributed by atoms with Gasteiger partial charge in [-0.1, -0.05) is 71.0 Å². The lowest BCUT2D eigenvalue weighted by molar-refractivity contribution is 0.319. The van der Waals surface area contributed by atoms with Gasteiger partial charge in [0, 0.05) is 24.2 Å². The van der Waals surface area contributed by atoms with Gasteiger partial charge in [0.25, 0.3) is 0 Å². The zero-order chi connectivity index (χ0) is 19.5. The van der Waals surface area contributed by atoms with Gasteiger partial charge in [0.1, 0.15) is 11.4 Å². The summed E-state index contributed by atoms with van der Waals surface area (Å²) in [4.78, 5) is 9.15. The van der Waals surface area contributed by atoms with Crippen molar-refractivity contribution < 1.29 is 10.4 Å². The molecule has 2 rings (SSSR count). The Hall–Kier alpha value is -3.28. The smallest absolute Gasteiger partial charge is 0.102 e. The fourth-order valence-electron chi connectivity index (χ4n) is 2.57. The molecule has 6 heteroatoms. The highest BCUT2D eigenvalue weighted by molar-refractivity contribution is 6.48. The van der Waals surface area contributed by atoms with Crippen LogP contribution >= 0.6 is 0 Å². The predicted molar refractivity (Wildman–Crippen MR) is 110 cm³/mol. The van der Waals surface area contributed by atoms with Crippen LogP contribution in [0.1, 0.15) is 31.4 Å². The van der Waals surface area contributed by atoms with E-state index in [0.717, 1.165) is 11.1 Å². The highest BCUT2D eigenvalue weighted by Crippen LogP contribution is 2.06. The second-order valence-corrected chi connectivity index (χ2v) is 5.92. The van der Waals surface area contributed by atoms with Crippen LogP contribution in [0.2, 0.25) is 0 Å². The molecule has 0 aliphatic carbocycles. The molecular formula is C21H24N4O2. The van der Waals surface area contributed by atoms with Crippen LogP contribution < -0.4 is 0 Å². The van der Waals surface area contributed by atoms with Gasteiger partial charge in [-0.15, -0.1) is 0 Å². The van der Waals surface area contributed by atoms with E-state index in [0.29, 0.717) is 42.4 Å². The molecule has 0 aromatic heterocycles. The lowest BCUT2D eigenvalue weighted by Crippen LogP contribution is -2.14. The van der Waals surface area contributed by atoms with Crippen molar-refractivity contribution in [1.29, 1.82) is 0 Å². The van der Waals surface area contributed by atoms with Gasteiger partial charge >= 0.3 is 0 Å². The van der Waals surface area contributed by atoms with Gasteiger partial charge in [0.15, 0.2) is 0 Å². The van der Waals surface area contributed by atoms with Crippen molar-refractivity contribution in [2.24, 2.45) is 20.3 Å². The molecule has 27 heavy (non-hydrogen) atoms. The largest absolute Gasteiger partial charge is 0.411 e. The number of hydrogen-bond acceptors (Lipinski definition) is 6. The molecule has 0 aliphatic rings. The lowest BCUT2D eigenvalue weighted by atomic mass is 10.1. The van der Waals surface area contributed by atoms with Gasteiger partial charge in [-0.2, -0.15) is 0 Å². The third kappa shape index (κ3) is 5.88. The van der Waals surface area contributed by atoms with E-state index in [9.17, 15) is 0 Å². The molecule has 0 aliphatic heterocycles. The number of oxime groups is 2. The Morgan fingerprint density at radius 2 is 1.04 bits per heavy atom. The second kappa shape index (κ2) is 10.7. The number of benzene rings is 2. The van der Waals surface area contributed by atoms with Crippen LogP contribution in [0.15, 0.2) is 81.0 Å². The molecule has 0 heterocycles. The van der Waals surface area contributed by atoms with Crippen LogP contribution in [0.3, 0.4) is 0 Å². The average Bonchev–Trinajstić information content (AvgIpc) is 2.73. The molecule has 0 saturated heterocycles. The molecule has 2 aromatic carbocycles. The number of rotatable bonds is 8. The third-order valence-corrected chi connectivity index (χ3v) is 3.94. The number of hydrogen-bond donors (Lipinski definition) is 2. The van der Waals surface area contributed by atoms with E-state index in [-0.39, 0.29) is 0 Å². The molecule has 0 unspecified atom stereocenters. The Morgan fingerprint density at radius 3 is 1.37 bits per heavy atom. The van der Waals surface area contributed by atoms with Gasteiger partial charge < -0.3 is 10.4 Å². The Morgan fingerprint density at radius 1 is 0.667 bits per heavy atom. The fourth-order valence-corrected chi connectivity index (χ4v) is 2.57. The SMILES string of the molecule is C/C(=N/O)C(=NCCCN=C(/C(C)=N/O)c1ccccc1)c1ccccc1. The first-order valence-corrected chi connectivity index (χ1v) is 8.75. The number of aliphatic imine (C=N–C) groups is 2. The number of nitrogens with zero attached hydrogens (tertiary/aromatic N) is 4. The molecular weight excluding hydrogens is 340 g/mol. The fraction of sp³-hybridized carbons (Fsp3) is 0.238. The van der Waals surface area contributed by atoms with Crippen molar-refractivity contribution in [3.63, 3.8) is 0 Å². The maximum atomic E-state index is 9.10. The van der Waals surface area contributed by atoms with Gasteiger partial charge in [-0.05, 0) is 20.3 Å². The minimum absolute atomic E-state index is 0.470. The van der Waals surface area contributed by atoms with E-state index < -0.39 is 0 Å². The van der Waals surface area contributed by atoms with E-state index in [4.69, 9.17) is 10.4 Å². The minimum atomic E-state index is 0.470. The first-order chi connectivity index (χ1) is 13.2. The zero-order valence-corrected chi connectivity index (χ0v) is 15.6. The first-order valence-electron chi connectivity index (χ1n) is 8.75. The topological polar surface area (TPSA) is 89.9 Å². The van der Waals surface area contributed by atoms with Crippen molar-refractivity contribution >= 4 is 22.8 Å². The summed E-state index contributed by atoms with van der Waals surface area (Å²) in [5.41, 5.74) is 4.09. The highest BCUT2D eigenvalue weighted by atomic mass is 16.4. The normalized spacial score (nSPS) is 13.7. The van der Waals surface area contributed by atoms with Crippen molar-refractivity contribution in [1.82, 2.24) is 0 Å². The van der Waals surface area contributed by atoms with Gasteiger partial charge in [-0.25, -0.2) is 0 Å². The summed E-state index contributed by atoms with van der Waals surface area (Å²) >= 11 is 0. The molecule has 2 N–H and O–H groups in total. The molecule has 0 bridgehead atoms. The minimum Gasteiger partial charge on any atom is -0.411 e. The van der Waals surface area contributed by atoms with E-state index in [1.807, 2.05) is 60.7 Å². The highest BCUT2D eigenvalue weighted by Gasteiger charge is 2.08. The Balaban J connectivity index is 2.08. The Labute approximate surface area is 159 Å². The molecule has 140 valence electrons. The summed E-state index contributed by atoms with van der Waals surface area (Å²) < 4.78 is 0. The van der Waals surface area contributed by atoms with Crippen molar-refractivity contribution in [2.45, 2.75) is 20.3 Å². The zero-order valence-electron chi connectivity index (χ0n) is 15.6. The van der Waals surface area contributed by atoms with E-state index >= 15 is 0 Å². The summed E-state index contributed by atoms with van der Waals surface area (Å²) in [5, 5.41) is 24.8. The van der Waals surface area contributed by atoms with Crippen LogP contribution in [0.4, 0.5) is 0 Å². The predicted octanol–water partition coefficient (Wildman–Crippen LogP) is 4.06. The van der Waals surface area contributed by atoms with E-state index in [2.05, 4.69) is 20.3 Å². The van der Waals surface area contributed by atoms with E-state index in [1.54, 1.807) is 13.8 Å². The van der Waals surface area contributed by atoms with Gasteiger partial charge in [0.2, 0.25) is 0 Å². The molecule has 2 aromatic rings. The quantitative estimate of drug-likeness (QED) is 0.320. The molecule has 0 fully saturated rings. The summed E-state index contributed by atoms with van der Waals surface area (Å²) in [6, 6.07) is 19.3. The maximum Gasteiger partial charge on any atom is 0.102 e. The molecule has 0 spiro atoms. The van der Waals surface area contributed by atoms with Crippen molar-refractivity contribution in [3.8, 4) is 0 Å². The third-order valence-electron chi connectivity index (χ3n) is 3.94. The van der Waals surface area contributed by atoms with Crippen LogP contribution in [0.25, 0.3) is 0 Å². The average molecular weight is 364 g/mol. The van der Waals surface area contributed by atoms with Crippen LogP contribution in [-0.4, -0.2) is 46.4 Å². The van der Waals surface area contributed by atoms with Gasteiger partial charge in [0.05, 0.1) is 11.4 Å². The van der Waals surface area contributed by atoms with Crippen molar-refractivity contribution in [3.05, 3.63) is 71.8 Å². The van der Waals surface area contributed by atoms with Crippen LogP contribution in [0.5, 0.6) is 0 Å². The second-order valence-electron chi connectivity index (χ2n) is 5.92. The molecule has 0 radical (unpaired) electrons. The summed E-state index contributed by atoms with van der Waals surface area (Å²) in [7, 11) is 0. The molecule has 6 nitrogen and oxygen atoms in total. The lowest BCUT2D eigenvalue weighted by Gasteiger charge is -2.07. The Bertz CT molecular complexity index is 770. The summed E-state index contributed by atoms with van der Waals surface area (Å²) in [6.07, 6.45) is 0.712. The molecule has 0 saturated carbocycles. The van der Waals surface area contributed by atoms with Gasteiger partial charge in [-0.3, -0.25) is 9.98 Å². The van der Waals surface area contributed by atoms with Crippen LogP contribution in [-0.2, 0) is 0 Å². The molecule has 0 atom stereocenters. The Kier molecular flexibility index (Phi) is 7.91. The van der Waals surface area contributed by atoms with Crippen molar-refractivity contribution in [2.75, 3.05) is 13.1 Å².